The average Bonchev–Trinajstić information content (AvgIpc) is 1.96. The Kier molecular flexibility index (Phi) is 4.54. The van der Waals surface area contributed by atoms with Crippen molar-refractivity contribution >= 4 is 5.91 Å². The Bertz CT molecular complexity index is 161. The summed E-state index contributed by atoms with van der Waals surface area (Å²) in [6.07, 6.45) is 1.91. The number of rotatable bonds is 5. The van der Waals surface area contributed by atoms with Crippen LogP contribution in [-0.2, 0) is 4.79 Å². The molecular formula is C8H16N2O2. The predicted molar refractivity (Wildman–Crippen MR) is 48.2 cm³/mol. The van der Waals surface area contributed by atoms with Crippen molar-refractivity contribution in [2.75, 3.05) is 27.2 Å². The van der Waals surface area contributed by atoms with Gasteiger partial charge in [0.05, 0.1) is 20.6 Å². The molecule has 0 bridgehead atoms. The molecule has 1 amide bonds. The zero-order chi connectivity index (χ0) is 9.61. The van der Waals surface area contributed by atoms with Gasteiger partial charge in [-0.2, -0.15) is 0 Å². The van der Waals surface area contributed by atoms with Gasteiger partial charge >= 0.3 is 0 Å². The highest BCUT2D eigenvalue weighted by Crippen LogP contribution is 1.93. The van der Waals surface area contributed by atoms with Crippen LogP contribution in [0, 0.1) is 5.21 Å². The number of nitrogens with one attached hydrogen (secondary N) is 1. The summed E-state index contributed by atoms with van der Waals surface area (Å²) in [4.78, 5) is 10.6. The third-order valence-corrected chi connectivity index (χ3v) is 1.36. The first-order chi connectivity index (χ1) is 5.45. The molecule has 0 spiro atoms. The van der Waals surface area contributed by atoms with Gasteiger partial charge in [-0.1, -0.05) is 6.58 Å². The highest BCUT2D eigenvalue weighted by molar-refractivity contribution is 5.86. The van der Waals surface area contributed by atoms with Crippen LogP contribution >= 0.6 is 0 Å². The molecule has 4 nitrogen and oxygen atoms in total. The number of quaternary nitrogens is 1. The summed E-state index contributed by atoms with van der Waals surface area (Å²) >= 11 is 0. The SMILES string of the molecule is C=CC(=O)NCCC[N+](C)(C)[O-]. The Morgan fingerprint density at radius 2 is 2.25 bits per heavy atom. The van der Waals surface area contributed by atoms with E-state index in [9.17, 15) is 10.0 Å². The van der Waals surface area contributed by atoms with E-state index in [0.29, 0.717) is 19.5 Å². The van der Waals surface area contributed by atoms with E-state index >= 15 is 0 Å². The largest absolute Gasteiger partial charge is 0.633 e. The van der Waals surface area contributed by atoms with E-state index < -0.39 is 0 Å². The lowest BCUT2D eigenvalue weighted by Gasteiger charge is -2.33. The summed E-state index contributed by atoms with van der Waals surface area (Å²) in [6, 6.07) is 0. The van der Waals surface area contributed by atoms with Crippen molar-refractivity contribution in [1.29, 1.82) is 0 Å². The van der Waals surface area contributed by atoms with Crippen molar-refractivity contribution < 1.29 is 9.44 Å². The van der Waals surface area contributed by atoms with Gasteiger partial charge in [0.1, 0.15) is 0 Å². The van der Waals surface area contributed by atoms with Crippen molar-refractivity contribution in [2.45, 2.75) is 6.42 Å². The molecule has 0 rings (SSSR count). The molecule has 0 fully saturated rings. The zero-order valence-electron chi connectivity index (χ0n) is 7.67. The molecule has 70 valence electrons. The van der Waals surface area contributed by atoms with Gasteiger partial charge in [0.2, 0.25) is 5.91 Å². The first-order valence-electron chi connectivity index (χ1n) is 3.90. The average molecular weight is 172 g/mol. The van der Waals surface area contributed by atoms with E-state index in [1.54, 1.807) is 14.1 Å². The van der Waals surface area contributed by atoms with Crippen molar-refractivity contribution in [2.24, 2.45) is 0 Å². The molecule has 0 aliphatic carbocycles. The fourth-order valence-electron chi connectivity index (χ4n) is 0.744. The van der Waals surface area contributed by atoms with E-state index in [0.717, 1.165) is 0 Å². The first kappa shape index (κ1) is 11.1. The smallest absolute Gasteiger partial charge is 0.243 e. The fraction of sp³-hybridized carbons (Fsp3) is 0.625. The number of nitrogens with zero attached hydrogens (tertiary/aromatic N) is 1. The lowest BCUT2D eigenvalue weighted by molar-refractivity contribution is -0.840. The van der Waals surface area contributed by atoms with Gasteiger partial charge in [0.25, 0.3) is 0 Å². The number of hydrogen-bond acceptors (Lipinski definition) is 2. The predicted octanol–water partition coefficient (Wildman–Crippen LogP) is 0.253. The second-order valence-electron chi connectivity index (χ2n) is 3.15. The number of hydroxylamine groups is 3. The summed E-state index contributed by atoms with van der Waals surface area (Å²) < 4.78 is -0.316. The molecule has 0 radical (unpaired) electrons. The maximum atomic E-state index is 11.0. The Morgan fingerprint density at radius 1 is 1.67 bits per heavy atom. The molecule has 0 aromatic rings. The van der Waals surface area contributed by atoms with Crippen LogP contribution in [0.25, 0.3) is 0 Å². The number of carbonyl (C=O) groups excluding carboxylic acids is 1. The minimum Gasteiger partial charge on any atom is -0.633 e. The zero-order valence-corrected chi connectivity index (χ0v) is 7.67. The maximum absolute atomic E-state index is 11.0. The lowest BCUT2D eigenvalue weighted by Crippen LogP contribution is -2.35. The van der Waals surface area contributed by atoms with Crippen LogP contribution in [-0.4, -0.2) is 37.7 Å². The van der Waals surface area contributed by atoms with Crippen molar-refractivity contribution in [3.63, 3.8) is 0 Å². The number of hydrogen-bond donors (Lipinski definition) is 1. The lowest BCUT2D eigenvalue weighted by atomic mass is 10.4. The Labute approximate surface area is 73.0 Å². The Hall–Kier alpha value is -0.870. The Balaban J connectivity index is 3.34. The minimum atomic E-state index is -0.316. The van der Waals surface area contributed by atoms with Gasteiger partial charge in [-0.05, 0) is 6.08 Å². The van der Waals surface area contributed by atoms with E-state index in [4.69, 9.17) is 0 Å². The van der Waals surface area contributed by atoms with Crippen LogP contribution < -0.4 is 5.32 Å². The maximum Gasteiger partial charge on any atom is 0.243 e. The summed E-state index contributed by atoms with van der Waals surface area (Å²) in [6.45, 7) is 4.36. The van der Waals surface area contributed by atoms with Crippen LogP contribution in [0.2, 0.25) is 0 Å². The molecule has 0 heterocycles. The van der Waals surface area contributed by atoms with Crippen LogP contribution in [0.4, 0.5) is 0 Å². The number of amides is 1. The van der Waals surface area contributed by atoms with Crippen LogP contribution in [0.5, 0.6) is 0 Å². The molecule has 0 unspecified atom stereocenters. The minimum absolute atomic E-state index is 0.189. The van der Waals surface area contributed by atoms with E-state index in [1.165, 1.54) is 6.08 Å². The van der Waals surface area contributed by atoms with Gasteiger partial charge < -0.3 is 15.2 Å². The quantitative estimate of drug-likeness (QED) is 0.280. The van der Waals surface area contributed by atoms with Gasteiger partial charge in [0.15, 0.2) is 0 Å². The molecule has 0 aromatic carbocycles. The highest BCUT2D eigenvalue weighted by Gasteiger charge is 2.00. The third-order valence-electron chi connectivity index (χ3n) is 1.36. The van der Waals surface area contributed by atoms with Crippen molar-refractivity contribution in [3.8, 4) is 0 Å². The second-order valence-corrected chi connectivity index (χ2v) is 3.15. The van der Waals surface area contributed by atoms with Gasteiger partial charge in [-0.25, -0.2) is 0 Å². The fourth-order valence-corrected chi connectivity index (χ4v) is 0.744. The molecule has 0 aromatic heterocycles. The Morgan fingerprint density at radius 3 is 2.67 bits per heavy atom. The normalized spacial score (nSPS) is 10.9. The molecule has 0 saturated carbocycles. The highest BCUT2D eigenvalue weighted by atomic mass is 16.5. The monoisotopic (exact) mass is 172 g/mol. The summed E-state index contributed by atoms with van der Waals surface area (Å²) in [5, 5.41) is 13.6. The van der Waals surface area contributed by atoms with E-state index in [2.05, 4.69) is 11.9 Å². The second kappa shape index (κ2) is 4.90. The molecule has 1 N–H and O–H groups in total. The van der Waals surface area contributed by atoms with E-state index in [1.807, 2.05) is 0 Å². The van der Waals surface area contributed by atoms with Gasteiger partial charge in [0, 0.05) is 13.0 Å². The summed E-state index contributed by atoms with van der Waals surface area (Å²) in [7, 11) is 3.16. The molecule has 0 aliphatic heterocycles. The van der Waals surface area contributed by atoms with Crippen molar-refractivity contribution in [3.05, 3.63) is 17.9 Å². The van der Waals surface area contributed by atoms with Gasteiger partial charge in [-0.15, -0.1) is 0 Å². The summed E-state index contributed by atoms with van der Waals surface area (Å²) in [5.74, 6) is -0.189. The van der Waals surface area contributed by atoms with Crippen LogP contribution in [0.1, 0.15) is 6.42 Å². The molecule has 12 heavy (non-hydrogen) atoms. The third kappa shape index (κ3) is 7.24. The summed E-state index contributed by atoms with van der Waals surface area (Å²) in [5.41, 5.74) is 0. The molecule has 0 saturated heterocycles. The van der Waals surface area contributed by atoms with E-state index in [-0.39, 0.29) is 10.6 Å². The molecule has 0 atom stereocenters. The standard InChI is InChI=1S/C8H16N2O2/c1-4-8(11)9-6-5-7-10(2,3)12/h4H,1,5-7H2,2-3H3,(H,9,11). The van der Waals surface area contributed by atoms with Crippen LogP contribution in [0.15, 0.2) is 12.7 Å². The topological polar surface area (TPSA) is 52.2 Å². The first-order valence-corrected chi connectivity index (χ1v) is 3.90. The molecule has 4 heteroatoms. The van der Waals surface area contributed by atoms with Gasteiger partial charge in [-0.3, -0.25) is 4.79 Å². The molecular weight excluding hydrogens is 156 g/mol. The van der Waals surface area contributed by atoms with Crippen LogP contribution in [0.3, 0.4) is 0 Å². The van der Waals surface area contributed by atoms with Crippen molar-refractivity contribution in [1.82, 2.24) is 5.32 Å². The molecule has 0 aliphatic rings. The number of carbonyl (C=O) groups is 1.